The quantitative estimate of drug-likeness (QED) is 0.454. The third-order valence-electron chi connectivity index (χ3n) is 4.68. The van der Waals surface area contributed by atoms with E-state index in [1.807, 2.05) is 42.5 Å². The van der Waals surface area contributed by atoms with Gasteiger partial charge in [-0.2, -0.15) is 0 Å². The summed E-state index contributed by atoms with van der Waals surface area (Å²) in [5, 5.41) is 11.6. The van der Waals surface area contributed by atoms with Crippen molar-refractivity contribution in [1.29, 1.82) is 0 Å². The first kappa shape index (κ1) is 19.0. The number of anilines is 2. The molecule has 144 valence electrons. The van der Waals surface area contributed by atoms with E-state index in [4.69, 9.17) is 0 Å². The summed E-state index contributed by atoms with van der Waals surface area (Å²) >= 11 is 3.02. The Morgan fingerprint density at radius 1 is 1.00 bits per heavy atom. The zero-order valence-electron chi connectivity index (χ0n) is 15.5. The number of piperidine rings is 1. The van der Waals surface area contributed by atoms with Gasteiger partial charge in [0.2, 0.25) is 5.13 Å². The molecule has 5 nitrogen and oxygen atoms in total. The second kappa shape index (κ2) is 9.21. The van der Waals surface area contributed by atoms with E-state index in [0.717, 1.165) is 23.2 Å². The number of nitrogens with zero attached hydrogens (tertiary/aromatic N) is 3. The number of hydrogen-bond acceptors (Lipinski definition) is 6. The first-order valence-electron chi connectivity index (χ1n) is 9.44. The first-order valence-corrected chi connectivity index (χ1v) is 11.2. The van der Waals surface area contributed by atoms with Crippen molar-refractivity contribution in [3.8, 4) is 0 Å². The number of carbonyl (C=O) groups excluding carboxylic acids is 1. The van der Waals surface area contributed by atoms with Crippen molar-refractivity contribution in [2.24, 2.45) is 0 Å². The van der Waals surface area contributed by atoms with E-state index in [1.165, 1.54) is 41.9 Å². The van der Waals surface area contributed by atoms with Gasteiger partial charge in [0.25, 0.3) is 5.91 Å². The molecule has 0 unspecified atom stereocenters. The summed E-state index contributed by atoms with van der Waals surface area (Å²) in [6, 6.07) is 18.1. The van der Waals surface area contributed by atoms with Crippen LogP contribution in [0, 0.1) is 0 Å². The Morgan fingerprint density at radius 2 is 1.75 bits per heavy atom. The molecule has 0 radical (unpaired) electrons. The minimum atomic E-state index is -0.152. The summed E-state index contributed by atoms with van der Waals surface area (Å²) in [7, 11) is 0. The summed E-state index contributed by atoms with van der Waals surface area (Å²) < 4.78 is 0.847. The molecule has 1 aromatic heterocycles. The highest BCUT2D eigenvalue weighted by atomic mass is 32.2. The van der Waals surface area contributed by atoms with Crippen molar-refractivity contribution in [2.45, 2.75) is 29.4 Å². The van der Waals surface area contributed by atoms with Gasteiger partial charge in [0.05, 0.1) is 0 Å². The van der Waals surface area contributed by atoms with Crippen LogP contribution in [0.4, 0.5) is 10.8 Å². The molecule has 0 bridgehead atoms. The van der Waals surface area contributed by atoms with Crippen LogP contribution in [0.5, 0.6) is 0 Å². The van der Waals surface area contributed by atoms with Crippen LogP contribution in [0.15, 0.2) is 58.9 Å². The molecule has 0 aliphatic carbocycles. The highest BCUT2D eigenvalue weighted by Gasteiger charge is 2.13. The van der Waals surface area contributed by atoms with Gasteiger partial charge in [-0.25, -0.2) is 0 Å². The van der Waals surface area contributed by atoms with Gasteiger partial charge in [0, 0.05) is 30.1 Å². The lowest BCUT2D eigenvalue weighted by molar-refractivity contribution is 0.102. The zero-order chi connectivity index (χ0) is 19.2. The SMILES string of the molecule is O=C(Nc1nnc(SCc2ccccc2)s1)c1ccc(N2CCCCC2)cc1. The van der Waals surface area contributed by atoms with E-state index in [9.17, 15) is 4.79 Å². The number of benzene rings is 2. The minimum absolute atomic E-state index is 0.152. The van der Waals surface area contributed by atoms with Gasteiger partial charge in [-0.3, -0.25) is 10.1 Å². The highest BCUT2D eigenvalue weighted by Crippen LogP contribution is 2.28. The monoisotopic (exact) mass is 410 g/mol. The third-order valence-corrected chi connectivity index (χ3v) is 6.73. The van der Waals surface area contributed by atoms with E-state index < -0.39 is 0 Å². The Hall–Kier alpha value is -2.38. The molecule has 4 rings (SSSR count). The predicted octanol–water partition coefficient (Wildman–Crippen LogP) is 5.07. The standard InChI is InChI=1S/C21H22N4OS2/c26-19(17-9-11-18(12-10-17)25-13-5-2-6-14-25)22-20-23-24-21(28-20)27-15-16-7-3-1-4-8-16/h1,3-4,7-12H,2,5-6,13-15H2,(H,22,23,26). The number of carbonyl (C=O) groups is 1. The molecule has 28 heavy (non-hydrogen) atoms. The van der Waals surface area contributed by atoms with E-state index in [1.54, 1.807) is 11.8 Å². The minimum Gasteiger partial charge on any atom is -0.372 e. The molecule has 0 spiro atoms. The van der Waals surface area contributed by atoms with E-state index in [-0.39, 0.29) is 5.91 Å². The Bertz CT molecular complexity index is 906. The number of rotatable bonds is 6. The molecular formula is C21H22N4OS2. The first-order chi connectivity index (χ1) is 13.8. The fourth-order valence-electron chi connectivity index (χ4n) is 3.18. The van der Waals surface area contributed by atoms with Crippen molar-refractivity contribution in [2.75, 3.05) is 23.3 Å². The Balaban J connectivity index is 1.32. The normalized spacial score (nSPS) is 14.1. The van der Waals surface area contributed by atoms with Gasteiger partial charge in [-0.05, 0) is 49.1 Å². The number of aromatic nitrogens is 2. The second-order valence-corrected chi connectivity index (χ2v) is 8.90. The summed E-state index contributed by atoms with van der Waals surface area (Å²) in [5.74, 6) is 0.683. The summed E-state index contributed by atoms with van der Waals surface area (Å²) in [4.78, 5) is 14.9. The maximum absolute atomic E-state index is 12.5. The lowest BCUT2D eigenvalue weighted by Crippen LogP contribution is -2.29. The fraction of sp³-hybridized carbons (Fsp3) is 0.286. The van der Waals surface area contributed by atoms with Crippen LogP contribution >= 0.6 is 23.1 Å². The maximum Gasteiger partial charge on any atom is 0.257 e. The lowest BCUT2D eigenvalue weighted by Gasteiger charge is -2.28. The molecule has 1 aliphatic heterocycles. The lowest BCUT2D eigenvalue weighted by atomic mass is 10.1. The van der Waals surface area contributed by atoms with Crippen LogP contribution in [-0.2, 0) is 5.75 Å². The van der Waals surface area contributed by atoms with Gasteiger partial charge in [0.1, 0.15) is 0 Å². The Morgan fingerprint density at radius 3 is 2.50 bits per heavy atom. The summed E-state index contributed by atoms with van der Waals surface area (Å²) in [6.07, 6.45) is 3.79. The summed E-state index contributed by atoms with van der Waals surface area (Å²) in [5.41, 5.74) is 3.06. The highest BCUT2D eigenvalue weighted by molar-refractivity contribution is 8.00. The molecule has 1 amide bonds. The largest absolute Gasteiger partial charge is 0.372 e. The molecule has 1 N–H and O–H groups in total. The fourth-order valence-corrected chi connectivity index (χ4v) is 4.89. The Kier molecular flexibility index (Phi) is 6.24. The molecule has 3 aromatic rings. The number of hydrogen-bond donors (Lipinski definition) is 1. The smallest absolute Gasteiger partial charge is 0.257 e. The zero-order valence-corrected chi connectivity index (χ0v) is 17.1. The maximum atomic E-state index is 12.5. The molecule has 7 heteroatoms. The number of nitrogens with one attached hydrogen (secondary N) is 1. The number of thioether (sulfide) groups is 1. The molecule has 0 saturated carbocycles. The van der Waals surface area contributed by atoms with Gasteiger partial charge in [0.15, 0.2) is 4.34 Å². The third kappa shape index (κ3) is 4.91. The van der Waals surface area contributed by atoms with Crippen molar-refractivity contribution in [3.05, 3.63) is 65.7 Å². The van der Waals surface area contributed by atoms with Crippen LogP contribution in [0.1, 0.15) is 35.2 Å². The van der Waals surface area contributed by atoms with Crippen molar-refractivity contribution < 1.29 is 4.79 Å². The van der Waals surface area contributed by atoms with Crippen molar-refractivity contribution in [1.82, 2.24) is 10.2 Å². The van der Waals surface area contributed by atoms with Crippen molar-refractivity contribution in [3.63, 3.8) is 0 Å². The van der Waals surface area contributed by atoms with E-state index in [0.29, 0.717) is 10.7 Å². The van der Waals surface area contributed by atoms with Crippen LogP contribution in [0.2, 0.25) is 0 Å². The number of amides is 1. The molecule has 1 saturated heterocycles. The average Bonchev–Trinajstić information content (AvgIpc) is 3.21. The predicted molar refractivity (Wildman–Crippen MR) is 116 cm³/mol. The van der Waals surface area contributed by atoms with Gasteiger partial charge in [-0.1, -0.05) is 53.4 Å². The van der Waals surface area contributed by atoms with Crippen LogP contribution in [-0.4, -0.2) is 29.2 Å². The molecule has 1 aliphatic rings. The molecule has 2 heterocycles. The molecule has 0 atom stereocenters. The van der Waals surface area contributed by atoms with Crippen molar-refractivity contribution >= 4 is 39.8 Å². The molecular weight excluding hydrogens is 388 g/mol. The van der Waals surface area contributed by atoms with Gasteiger partial charge >= 0.3 is 0 Å². The van der Waals surface area contributed by atoms with Crippen LogP contribution in [0.3, 0.4) is 0 Å². The van der Waals surface area contributed by atoms with Crippen LogP contribution in [0.25, 0.3) is 0 Å². The van der Waals surface area contributed by atoms with E-state index in [2.05, 4.69) is 32.5 Å². The van der Waals surface area contributed by atoms with Crippen LogP contribution < -0.4 is 10.2 Å². The van der Waals surface area contributed by atoms with Gasteiger partial charge in [-0.15, -0.1) is 10.2 Å². The Labute approximate surface area is 173 Å². The second-order valence-electron chi connectivity index (χ2n) is 6.70. The summed E-state index contributed by atoms with van der Waals surface area (Å²) in [6.45, 7) is 2.19. The topological polar surface area (TPSA) is 58.1 Å². The van der Waals surface area contributed by atoms with Gasteiger partial charge < -0.3 is 4.90 Å². The molecule has 2 aromatic carbocycles. The van der Waals surface area contributed by atoms with E-state index >= 15 is 0 Å². The molecule has 1 fully saturated rings. The average molecular weight is 411 g/mol.